The lowest BCUT2D eigenvalue weighted by atomic mass is 10.2. The Hall–Kier alpha value is -0.123. The van der Waals surface area contributed by atoms with E-state index in [4.69, 9.17) is 9.53 Å². The van der Waals surface area contributed by atoms with Crippen molar-refractivity contribution in [2.75, 3.05) is 13.2 Å². The van der Waals surface area contributed by atoms with Gasteiger partial charge in [-0.15, -0.1) is 0 Å². The molecule has 84 valence electrons. The van der Waals surface area contributed by atoms with Crippen LogP contribution >= 0.6 is 0 Å². The van der Waals surface area contributed by atoms with Crippen molar-refractivity contribution >= 4 is 8.32 Å². The second kappa shape index (κ2) is 5.10. The summed E-state index contributed by atoms with van der Waals surface area (Å²) in [5, 5.41) is 8.96. The monoisotopic (exact) mass is 216 g/mol. The second-order valence-electron chi connectivity index (χ2n) is 5.28. The van der Waals surface area contributed by atoms with E-state index < -0.39 is 8.32 Å². The molecule has 0 fully saturated rings. The molecule has 0 aliphatic rings. The van der Waals surface area contributed by atoms with Crippen molar-refractivity contribution in [3.63, 3.8) is 0 Å². The first kappa shape index (κ1) is 13.9. The maximum absolute atomic E-state index is 8.71. The van der Waals surface area contributed by atoms with Crippen molar-refractivity contribution in [2.45, 2.75) is 45.8 Å². The third-order valence-corrected chi connectivity index (χ3v) is 7.39. The van der Waals surface area contributed by atoms with E-state index in [1.165, 1.54) is 0 Å². The molecule has 0 amide bonds. The van der Waals surface area contributed by atoms with Crippen LogP contribution in [0.5, 0.6) is 0 Å². The summed E-state index contributed by atoms with van der Waals surface area (Å²) in [6.45, 7) is 13.9. The Morgan fingerprint density at radius 1 is 1.36 bits per heavy atom. The highest BCUT2D eigenvalue weighted by Crippen LogP contribution is 2.36. The van der Waals surface area contributed by atoms with Crippen LogP contribution in [0.2, 0.25) is 18.1 Å². The summed E-state index contributed by atoms with van der Waals surface area (Å²) >= 11 is 0. The Kier molecular flexibility index (Phi) is 5.05. The zero-order valence-corrected chi connectivity index (χ0v) is 11.3. The van der Waals surface area contributed by atoms with Crippen LogP contribution in [-0.4, -0.2) is 26.6 Å². The third-order valence-electron chi connectivity index (χ3n) is 2.91. The smallest absolute Gasteiger partial charge is 0.192 e. The number of aliphatic hydroxyl groups excluding tert-OH is 1. The van der Waals surface area contributed by atoms with Crippen LogP contribution in [-0.2, 0) is 4.43 Å². The van der Waals surface area contributed by atoms with Crippen LogP contribution < -0.4 is 0 Å². The van der Waals surface area contributed by atoms with Gasteiger partial charge in [-0.1, -0.05) is 32.4 Å². The van der Waals surface area contributed by atoms with Gasteiger partial charge in [0, 0.05) is 0 Å². The summed E-state index contributed by atoms with van der Waals surface area (Å²) in [7, 11) is -1.62. The van der Waals surface area contributed by atoms with Gasteiger partial charge in [0.15, 0.2) is 8.32 Å². The molecule has 0 aromatic heterocycles. The molecule has 3 heteroatoms. The zero-order chi connectivity index (χ0) is 11.4. The predicted octanol–water partition coefficient (Wildman–Crippen LogP) is 2.95. The van der Waals surface area contributed by atoms with Gasteiger partial charge in [-0.3, -0.25) is 0 Å². The Balaban J connectivity index is 4.20. The number of hydrogen-bond donors (Lipinski definition) is 1. The molecule has 0 spiro atoms. The lowest BCUT2D eigenvalue weighted by molar-refractivity contribution is 0.312. The maximum Gasteiger partial charge on any atom is 0.192 e. The standard InChI is InChI=1S/C11H24O2Si/c1-10(7-8-12)9-13-14(5,6)11(2,3)4/h7,12H,8-9H2,1-6H3. The van der Waals surface area contributed by atoms with Gasteiger partial charge in [0.1, 0.15) is 0 Å². The Bertz CT molecular complexity index is 202. The molecule has 0 aromatic rings. The van der Waals surface area contributed by atoms with Crippen molar-refractivity contribution < 1.29 is 9.53 Å². The van der Waals surface area contributed by atoms with Gasteiger partial charge < -0.3 is 9.53 Å². The summed E-state index contributed by atoms with van der Waals surface area (Å²) in [6, 6.07) is 0. The van der Waals surface area contributed by atoms with E-state index in [1.807, 2.05) is 6.92 Å². The second-order valence-corrected chi connectivity index (χ2v) is 10.1. The molecule has 0 atom stereocenters. The van der Waals surface area contributed by atoms with E-state index >= 15 is 0 Å². The van der Waals surface area contributed by atoms with Crippen LogP contribution in [0.25, 0.3) is 0 Å². The minimum Gasteiger partial charge on any atom is -0.413 e. The van der Waals surface area contributed by atoms with E-state index in [0.29, 0.717) is 6.61 Å². The van der Waals surface area contributed by atoms with Crippen molar-refractivity contribution in [1.29, 1.82) is 0 Å². The minimum atomic E-state index is -1.62. The lowest BCUT2D eigenvalue weighted by Gasteiger charge is -2.36. The van der Waals surface area contributed by atoms with Crippen molar-refractivity contribution in [2.24, 2.45) is 0 Å². The molecule has 0 aliphatic carbocycles. The van der Waals surface area contributed by atoms with Gasteiger partial charge in [-0.05, 0) is 25.1 Å². The summed E-state index contributed by atoms with van der Waals surface area (Å²) < 4.78 is 5.97. The first-order chi connectivity index (χ1) is 6.20. The summed E-state index contributed by atoms with van der Waals surface area (Å²) in [5.41, 5.74) is 1.11. The average Bonchev–Trinajstić information content (AvgIpc) is 1.99. The molecule has 0 heterocycles. The van der Waals surface area contributed by atoms with Crippen LogP contribution in [0.1, 0.15) is 27.7 Å². The van der Waals surface area contributed by atoms with Gasteiger partial charge in [-0.2, -0.15) is 0 Å². The van der Waals surface area contributed by atoms with Crippen LogP contribution in [0.15, 0.2) is 11.6 Å². The SMILES string of the molecule is CC(=CCO)CO[Si](C)(C)C(C)(C)C. The maximum atomic E-state index is 8.71. The molecule has 0 saturated carbocycles. The highest BCUT2D eigenvalue weighted by molar-refractivity contribution is 6.74. The molecule has 0 rings (SSSR count). The van der Waals surface area contributed by atoms with Crippen molar-refractivity contribution in [3.8, 4) is 0 Å². The largest absolute Gasteiger partial charge is 0.413 e. The molecule has 2 nitrogen and oxygen atoms in total. The molecule has 0 saturated heterocycles. The van der Waals surface area contributed by atoms with E-state index in [1.54, 1.807) is 6.08 Å². The molecule has 0 aromatic carbocycles. The predicted molar refractivity (Wildman–Crippen MR) is 64.0 cm³/mol. The minimum absolute atomic E-state index is 0.104. The first-order valence-electron chi connectivity index (χ1n) is 5.11. The number of rotatable bonds is 4. The molecule has 0 aliphatic heterocycles. The fourth-order valence-electron chi connectivity index (χ4n) is 0.726. The Morgan fingerprint density at radius 3 is 2.21 bits per heavy atom. The Labute approximate surface area is 89.1 Å². The highest BCUT2D eigenvalue weighted by atomic mass is 28.4. The molecular weight excluding hydrogens is 192 g/mol. The third kappa shape index (κ3) is 4.40. The quantitative estimate of drug-likeness (QED) is 0.578. The topological polar surface area (TPSA) is 29.5 Å². The molecule has 0 radical (unpaired) electrons. The van der Waals surface area contributed by atoms with Crippen molar-refractivity contribution in [3.05, 3.63) is 11.6 Å². The number of aliphatic hydroxyl groups is 1. The van der Waals surface area contributed by atoms with Crippen LogP contribution in [0.4, 0.5) is 0 Å². The van der Waals surface area contributed by atoms with E-state index in [9.17, 15) is 0 Å². The van der Waals surface area contributed by atoms with Gasteiger partial charge in [-0.25, -0.2) is 0 Å². The molecule has 0 unspecified atom stereocenters. The van der Waals surface area contributed by atoms with Gasteiger partial charge in [0.2, 0.25) is 0 Å². The van der Waals surface area contributed by atoms with E-state index in [2.05, 4.69) is 33.9 Å². The summed E-state index contributed by atoms with van der Waals surface area (Å²) in [4.78, 5) is 0. The fraction of sp³-hybridized carbons (Fsp3) is 0.818. The molecule has 1 N–H and O–H groups in total. The molecule has 0 bridgehead atoms. The van der Waals surface area contributed by atoms with Gasteiger partial charge >= 0.3 is 0 Å². The van der Waals surface area contributed by atoms with Crippen LogP contribution in [0.3, 0.4) is 0 Å². The Morgan fingerprint density at radius 2 is 1.86 bits per heavy atom. The average molecular weight is 216 g/mol. The fourth-order valence-corrected chi connectivity index (χ4v) is 1.75. The lowest BCUT2D eigenvalue weighted by Crippen LogP contribution is -2.41. The summed E-state index contributed by atoms with van der Waals surface area (Å²) in [6.07, 6.45) is 1.80. The van der Waals surface area contributed by atoms with Crippen molar-refractivity contribution in [1.82, 2.24) is 0 Å². The zero-order valence-electron chi connectivity index (χ0n) is 10.3. The van der Waals surface area contributed by atoms with Gasteiger partial charge in [0.05, 0.1) is 13.2 Å². The molecule has 14 heavy (non-hydrogen) atoms. The molecular formula is C11H24O2Si. The first-order valence-corrected chi connectivity index (χ1v) is 8.02. The van der Waals surface area contributed by atoms with E-state index in [-0.39, 0.29) is 11.6 Å². The van der Waals surface area contributed by atoms with Gasteiger partial charge in [0.25, 0.3) is 0 Å². The normalized spacial score (nSPS) is 14.6. The summed E-state index contributed by atoms with van der Waals surface area (Å²) in [5.74, 6) is 0. The van der Waals surface area contributed by atoms with Crippen LogP contribution in [0, 0.1) is 0 Å². The highest BCUT2D eigenvalue weighted by Gasteiger charge is 2.36. The van der Waals surface area contributed by atoms with E-state index in [0.717, 1.165) is 5.57 Å². The number of hydrogen-bond acceptors (Lipinski definition) is 2.